The van der Waals surface area contributed by atoms with Crippen molar-refractivity contribution in [3.05, 3.63) is 66.5 Å². The molecule has 5 N–H and O–H groups in total. The number of nitrogens with two attached hydrogens (primary N) is 1. The SMILES string of the molecule is C=CCOC(=O)CC[C@@H](c1cn([C@@H](/C=C/CNC(N)=O)C(=O)Nc2ccc(CO)cc2)nn1)C(C)C. The average Bonchev–Trinajstić information content (AvgIpc) is 3.32. The van der Waals surface area contributed by atoms with E-state index >= 15 is 0 Å². The molecule has 1 heterocycles. The van der Waals surface area contributed by atoms with Gasteiger partial charge in [0, 0.05) is 24.6 Å². The molecule has 11 heteroatoms. The number of anilines is 1. The number of nitrogens with zero attached hydrogens (tertiary/aromatic N) is 3. The predicted molar refractivity (Wildman–Crippen MR) is 135 cm³/mol. The number of urea groups is 1. The molecule has 0 unspecified atom stereocenters. The molecule has 3 amide bonds. The Labute approximate surface area is 210 Å². The van der Waals surface area contributed by atoms with Crippen molar-refractivity contribution in [3.63, 3.8) is 0 Å². The first-order valence-corrected chi connectivity index (χ1v) is 11.6. The Hall–Kier alpha value is -3.99. The summed E-state index contributed by atoms with van der Waals surface area (Å²) in [5.74, 6) is -0.616. The Morgan fingerprint density at radius 3 is 2.58 bits per heavy atom. The van der Waals surface area contributed by atoms with Gasteiger partial charge >= 0.3 is 12.0 Å². The van der Waals surface area contributed by atoms with Crippen LogP contribution in [-0.4, -0.2) is 51.2 Å². The Kier molecular flexibility index (Phi) is 11.3. The molecule has 36 heavy (non-hydrogen) atoms. The number of amides is 3. The zero-order valence-electron chi connectivity index (χ0n) is 20.6. The van der Waals surface area contributed by atoms with Crippen LogP contribution in [0.4, 0.5) is 10.5 Å². The van der Waals surface area contributed by atoms with Crippen molar-refractivity contribution in [2.24, 2.45) is 11.7 Å². The van der Waals surface area contributed by atoms with E-state index in [1.54, 1.807) is 42.6 Å². The number of aliphatic hydroxyl groups is 1. The number of hydrogen-bond acceptors (Lipinski definition) is 7. The topological polar surface area (TPSA) is 161 Å². The number of ether oxygens (including phenoxy) is 1. The van der Waals surface area contributed by atoms with Crippen LogP contribution in [0.25, 0.3) is 0 Å². The van der Waals surface area contributed by atoms with E-state index in [9.17, 15) is 19.5 Å². The summed E-state index contributed by atoms with van der Waals surface area (Å²) in [6.07, 6.45) is 7.12. The Balaban J connectivity index is 2.22. The first kappa shape index (κ1) is 28.2. The smallest absolute Gasteiger partial charge is 0.312 e. The minimum Gasteiger partial charge on any atom is -0.461 e. The molecule has 0 aliphatic rings. The van der Waals surface area contributed by atoms with E-state index in [2.05, 4.69) is 27.5 Å². The normalized spacial score (nSPS) is 12.8. The van der Waals surface area contributed by atoms with Crippen molar-refractivity contribution >= 4 is 23.6 Å². The minimum absolute atomic E-state index is 0.0784. The second-order valence-electron chi connectivity index (χ2n) is 8.45. The molecule has 0 fully saturated rings. The lowest BCUT2D eigenvalue weighted by Crippen LogP contribution is -2.29. The van der Waals surface area contributed by atoms with E-state index in [4.69, 9.17) is 10.5 Å². The van der Waals surface area contributed by atoms with Gasteiger partial charge in [-0.2, -0.15) is 0 Å². The number of primary amides is 1. The largest absolute Gasteiger partial charge is 0.461 e. The molecule has 1 aromatic heterocycles. The number of hydrogen-bond donors (Lipinski definition) is 4. The van der Waals surface area contributed by atoms with E-state index in [1.807, 2.05) is 13.8 Å². The van der Waals surface area contributed by atoms with E-state index < -0.39 is 12.1 Å². The Bertz CT molecular complexity index is 1050. The third kappa shape index (κ3) is 8.99. The van der Waals surface area contributed by atoms with Crippen molar-refractivity contribution in [1.82, 2.24) is 20.3 Å². The third-order valence-corrected chi connectivity index (χ3v) is 5.40. The maximum absolute atomic E-state index is 13.1. The van der Waals surface area contributed by atoms with E-state index in [0.717, 1.165) is 5.56 Å². The number of carbonyl (C=O) groups is 3. The van der Waals surface area contributed by atoms with Gasteiger partial charge in [-0.05, 0) is 30.0 Å². The summed E-state index contributed by atoms with van der Waals surface area (Å²) in [6.45, 7) is 7.77. The molecular weight excluding hydrogens is 464 g/mol. The summed E-state index contributed by atoms with van der Waals surface area (Å²) in [7, 11) is 0. The summed E-state index contributed by atoms with van der Waals surface area (Å²) >= 11 is 0. The Morgan fingerprint density at radius 2 is 1.97 bits per heavy atom. The van der Waals surface area contributed by atoms with Crippen LogP contribution in [0.2, 0.25) is 0 Å². The maximum atomic E-state index is 13.1. The molecule has 0 bridgehead atoms. The van der Waals surface area contributed by atoms with Crippen LogP contribution < -0.4 is 16.4 Å². The van der Waals surface area contributed by atoms with Gasteiger partial charge in [0.1, 0.15) is 6.61 Å². The molecule has 0 spiro atoms. The molecule has 0 aliphatic heterocycles. The summed E-state index contributed by atoms with van der Waals surface area (Å²) in [6, 6.07) is 5.23. The summed E-state index contributed by atoms with van der Waals surface area (Å²) in [5, 5.41) is 22.9. The lowest BCUT2D eigenvalue weighted by molar-refractivity contribution is -0.142. The second-order valence-corrected chi connectivity index (χ2v) is 8.45. The number of rotatable bonds is 14. The molecule has 11 nitrogen and oxygen atoms in total. The zero-order valence-corrected chi connectivity index (χ0v) is 20.6. The molecular formula is C25H34N6O5. The molecule has 0 aliphatic carbocycles. The number of benzene rings is 1. The van der Waals surface area contributed by atoms with Gasteiger partial charge in [-0.15, -0.1) is 5.10 Å². The fourth-order valence-electron chi connectivity index (χ4n) is 3.48. The quantitative estimate of drug-likeness (QED) is 0.230. The fourth-order valence-corrected chi connectivity index (χ4v) is 3.48. The van der Waals surface area contributed by atoms with E-state index in [-0.39, 0.29) is 49.9 Å². The van der Waals surface area contributed by atoms with Gasteiger partial charge in [0.25, 0.3) is 5.91 Å². The number of esters is 1. The van der Waals surface area contributed by atoms with Gasteiger partial charge in [0.2, 0.25) is 0 Å². The van der Waals surface area contributed by atoms with Crippen LogP contribution >= 0.6 is 0 Å². The van der Waals surface area contributed by atoms with Crippen LogP contribution in [0, 0.1) is 5.92 Å². The van der Waals surface area contributed by atoms with Crippen molar-refractivity contribution in [2.75, 3.05) is 18.5 Å². The molecule has 2 rings (SSSR count). The van der Waals surface area contributed by atoms with Gasteiger partial charge in [-0.25, -0.2) is 9.48 Å². The van der Waals surface area contributed by atoms with Gasteiger partial charge in [-0.1, -0.05) is 56.0 Å². The van der Waals surface area contributed by atoms with Gasteiger partial charge < -0.3 is 26.2 Å². The molecule has 2 aromatic rings. The molecule has 194 valence electrons. The minimum atomic E-state index is -0.871. The van der Waals surface area contributed by atoms with Crippen molar-refractivity contribution < 1.29 is 24.2 Å². The number of aliphatic hydroxyl groups excluding tert-OH is 1. The summed E-state index contributed by atoms with van der Waals surface area (Å²) in [4.78, 5) is 36.1. The van der Waals surface area contributed by atoms with Crippen LogP contribution in [0.1, 0.15) is 49.9 Å². The monoisotopic (exact) mass is 498 g/mol. The molecule has 0 saturated carbocycles. The van der Waals surface area contributed by atoms with Crippen molar-refractivity contribution in [2.45, 2.75) is 45.3 Å². The van der Waals surface area contributed by atoms with Gasteiger partial charge in [0.05, 0.1) is 18.5 Å². The fraction of sp³-hybridized carbons (Fsp3) is 0.400. The molecule has 2 atom stereocenters. The number of aromatic nitrogens is 3. The predicted octanol–water partition coefficient (Wildman–Crippen LogP) is 2.42. The highest BCUT2D eigenvalue weighted by atomic mass is 16.5. The van der Waals surface area contributed by atoms with Crippen LogP contribution in [0.3, 0.4) is 0 Å². The van der Waals surface area contributed by atoms with Crippen LogP contribution in [-0.2, 0) is 20.9 Å². The highest BCUT2D eigenvalue weighted by Gasteiger charge is 2.24. The van der Waals surface area contributed by atoms with Gasteiger partial charge in [0.15, 0.2) is 6.04 Å². The van der Waals surface area contributed by atoms with E-state index in [0.29, 0.717) is 17.8 Å². The lowest BCUT2D eigenvalue weighted by atomic mass is 9.88. The molecule has 0 radical (unpaired) electrons. The standard InChI is InChI=1S/C25H34N6O5/c1-4-14-36-23(33)12-11-20(17(2)3)21-15-31(30-29-21)22(6-5-13-27-25(26)35)24(34)28-19-9-7-18(16-32)8-10-19/h4-10,15,17,20,22,32H,1,11-14,16H2,2-3H3,(H,28,34)(H3,26,27,35)/b6-5+/t20-,22+/m1/s1. The maximum Gasteiger partial charge on any atom is 0.312 e. The van der Waals surface area contributed by atoms with Gasteiger partial charge in [-0.3, -0.25) is 9.59 Å². The van der Waals surface area contributed by atoms with Crippen molar-refractivity contribution in [3.8, 4) is 0 Å². The highest BCUT2D eigenvalue weighted by Crippen LogP contribution is 2.28. The Morgan fingerprint density at radius 1 is 1.25 bits per heavy atom. The first-order chi connectivity index (χ1) is 17.2. The zero-order chi connectivity index (χ0) is 26.5. The van der Waals surface area contributed by atoms with Crippen LogP contribution in [0.5, 0.6) is 0 Å². The second kappa shape index (κ2) is 14.4. The summed E-state index contributed by atoms with van der Waals surface area (Å²) < 4.78 is 6.49. The summed E-state index contributed by atoms with van der Waals surface area (Å²) in [5.41, 5.74) is 7.01. The third-order valence-electron chi connectivity index (χ3n) is 5.40. The number of carbonyl (C=O) groups excluding carboxylic acids is 3. The highest BCUT2D eigenvalue weighted by molar-refractivity contribution is 5.94. The van der Waals surface area contributed by atoms with Crippen LogP contribution in [0.15, 0.2) is 55.3 Å². The lowest BCUT2D eigenvalue weighted by Gasteiger charge is -2.18. The van der Waals surface area contributed by atoms with Crippen molar-refractivity contribution in [1.29, 1.82) is 0 Å². The number of nitrogens with one attached hydrogen (secondary N) is 2. The molecule has 1 aromatic carbocycles. The van der Waals surface area contributed by atoms with E-state index in [1.165, 1.54) is 10.8 Å². The first-order valence-electron chi connectivity index (χ1n) is 11.6. The molecule has 0 saturated heterocycles. The average molecular weight is 499 g/mol.